The van der Waals surface area contributed by atoms with Crippen LogP contribution in [0.25, 0.3) is 0 Å². The zero-order valence-corrected chi connectivity index (χ0v) is 15.9. The first-order chi connectivity index (χ1) is 11.8. The fourth-order valence-electron chi connectivity index (χ4n) is 2.92. The van der Waals surface area contributed by atoms with E-state index in [0.717, 1.165) is 46.7 Å². The molecule has 1 atom stereocenters. The van der Waals surface area contributed by atoms with Crippen molar-refractivity contribution in [2.75, 3.05) is 6.61 Å². The highest BCUT2D eigenvalue weighted by atomic mass is 16.5. The molecule has 134 valence electrons. The van der Waals surface area contributed by atoms with Crippen LogP contribution in [0.2, 0.25) is 0 Å². The van der Waals surface area contributed by atoms with Crippen molar-refractivity contribution in [2.45, 2.75) is 53.4 Å². The maximum atomic E-state index is 12.6. The molecule has 0 fully saturated rings. The molecule has 0 N–H and O–H groups in total. The predicted molar refractivity (Wildman–Crippen MR) is 101 cm³/mol. The number of para-hydroxylation sites is 1. The zero-order valence-electron chi connectivity index (χ0n) is 15.9. The van der Waals surface area contributed by atoms with Crippen molar-refractivity contribution in [3.8, 4) is 5.75 Å². The number of aromatic nitrogens is 2. The van der Waals surface area contributed by atoms with Crippen molar-refractivity contribution in [1.82, 2.24) is 9.78 Å². The normalized spacial score (nSPS) is 12.0. The Hall–Kier alpha value is -2.36. The molecule has 4 nitrogen and oxygen atoms in total. The van der Waals surface area contributed by atoms with Gasteiger partial charge in [0, 0.05) is 11.3 Å². The lowest BCUT2D eigenvalue weighted by Crippen LogP contribution is -2.22. The lowest BCUT2D eigenvalue weighted by Gasteiger charge is -2.15. The predicted octanol–water partition coefficient (Wildman–Crippen LogP) is 4.85. The molecule has 1 heterocycles. The van der Waals surface area contributed by atoms with Crippen LogP contribution < -0.4 is 4.74 Å². The molecule has 0 amide bonds. The monoisotopic (exact) mass is 340 g/mol. The van der Waals surface area contributed by atoms with Crippen molar-refractivity contribution >= 4 is 5.91 Å². The maximum Gasteiger partial charge on any atom is 0.284 e. The molecule has 0 bridgehead atoms. The Labute approximate surface area is 150 Å². The van der Waals surface area contributed by atoms with Gasteiger partial charge in [-0.25, -0.2) is 4.68 Å². The molecule has 2 aromatic rings. The summed E-state index contributed by atoms with van der Waals surface area (Å²) in [4.78, 5) is 12.6. The van der Waals surface area contributed by atoms with Gasteiger partial charge in [-0.1, -0.05) is 44.2 Å². The first kappa shape index (κ1) is 19.0. The minimum atomic E-state index is -0.160. The van der Waals surface area contributed by atoms with Crippen molar-refractivity contribution in [1.29, 1.82) is 0 Å². The third-order valence-corrected chi connectivity index (χ3v) is 4.57. The van der Waals surface area contributed by atoms with Crippen LogP contribution in [0.1, 0.15) is 60.4 Å². The van der Waals surface area contributed by atoms with Gasteiger partial charge in [-0.2, -0.15) is 5.10 Å². The first-order valence-corrected chi connectivity index (χ1v) is 8.79. The number of nitrogens with zero attached hydrogens (tertiary/aromatic N) is 2. The summed E-state index contributed by atoms with van der Waals surface area (Å²) in [5.41, 5.74) is 4.99. The SMILES string of the molecule is C=C(C)Cc1c(C)nn(C(=O)COc2ccccc2C(C)CC)c1C. The van der Waals surface area contributed by atoms with Crippen molar-refractivity contribution < 1.29 is 9.53 Å². The number of rotatable bonds is 7. The van der Waals surface area contributed by atoms with Gasteiger partial charge in [0.2, 0.25) is 0 Å². The lowest BCUT2D eigenvalue weighted by molar-refractivity contribution is 0.0817. The summed E-state index contributed by atoms with van der Waals surface area (Å²) in [5, 5.41) is 4.40. The Morgan fingerprint density at radius 3 is 2.64 bits per heavy atom. The molecular weight excluding hydrogens is 312 g/mol. The van der Waals surface area contributed by atoms with E-state index in [-0.39, 0.29) is 12.5 Å². The Kier molecular flexibility index (Phi) is 6.18. The van der Waals surface area contributed by atoms with E-state index in [1.807, 2.05) is 39.0 Å². The molecule has 4 heteroatoms. The lowest BCUT2D eigenvalue weighted by atomic mass is 9.98. The first-order valence-electron chi connectivity index (χ1n) is 8.79. The van der Waals surface area contributed by atoms with Gasteiger partial charge in [-0.15, -0.1) is 0 Å². The Balaban J connectivity index is 2.15. The quantitative estimate of drug-likeness (QED) is 0.677. The Morgan fingerprint density at radius 2 is 2.00 bits per heavy atom. The van der Waals surface area contributed by atoms with Gasteiger partial charge in [0.05, 0.1) is 5.69 Å². The highest BCUT2D eigenvalue weighted by Crippen LogP contribution is 2.28. The molecule has 0 spiro atoms. The van der Waals surface area contributed by atoms with E-state index in [2.05, 4.69) is 31.6 Å². The third kappa shape index (κ3) is 4.38. The Bertz CT molecular complexity index is 774. The van der Waals surface area contributed by atoms with Crippen LogP contribution in [0.3, 0.4) is 0 Å². The number of ether oxygens (including phenoxy) is 1. The number of carbonyl (C=O) groups excluding carboxylic acids is 1. The summed E-state index contributed by atoms with van der Waals surface area (Å²) in [6.45, 7) is 14.1. The summed E-state index contributed by atoms with van der Waals surface area (Å²) in [6, 6.07) is 7.91. The number of aryl methyl sites for hydroxylation is 1. The molecule has 0 aliphatic heterocycles. The van der Waals surface area contributed by atoms with Gasteiger partial charge in [0.15, 0.2) is 6.61 Å². The van der Waals surface area contributed by atoms with Crippen LogP contribution in [0.15, 0.2) is 36.4 Å². The van der Waals surface area contributed by atoms with E-state index in [1.165, 1.54) is 4.68 Å². The van der Waals surface area contributed by atoms with Crippen LogP contribution in [-0.4, -0.2) is 22.3 Å². The van der Waals surface area contributed by atoms with Gasteiger partial charge < -0.3 is 4.74 Å². The van der Waals surface area contributed by atoms with Gasteiger partial charge in [0.25, 0.3) is 5.91 Å². The number of benzene rings is 1. The van der Waals surface area contributed by atoms with Gasteiger partial charge in [-0.05, 0) is 51.2 Å². The molecule has 1 aromatic carbocycles. The molecule has 2 rings (SSSR count). The average molecular weight is 340 g/mol. The van der Waals surface area contributed by atoms with Gasteiger partial charge in [-0.3, -0.25) is 4.79 Å². The van der Waals surface area contributed by atoms with E-state index in [4.69, 9.17) is 4.74 Å². The summed E-state index contributed by atoms with van der Waals surface area (Å²) in [7, 11) is 0. The molecule has 1 unspecified atom stereocenters. The summed E-state index contributed by atoms with van der Waals surface area (Å²) >= 11 is 0. The maximum absolute atomic E-state index is 12.6. The van der Waals surface area contributed by atoms with Crippen LogP contribution in [0, 0.1) is 13.8 Å². The van der Waals surface area contributed by atoms with Crippen molar-refractivity contribution in [2.24, 2.45) is 0 Å². The largest absolute Gasteiger partial charge is 0.483 e. The van der Waals surface area contributed by atoms with E-state index < -0.39 is 0 Å². The van der Waals surface area contributed by atoms with Crippen LogP contribution >= 0.6 is 0 Å². The number of allylic oxidation sites excluding steroid dienone is 1. The van der Waals surface area contributed by atoms with Gasteiger partial charge in [0.1, 0.15) is 5.75 Å². The fraction of sp³-hybridized carbons (Fsp3) is 0.429. The second-order valence-corrected chi connectivity index (χ2v) is 6.72. The Morgan fingerprint density at radius 1 is 1.32 bits per heavy atom. The number of carbonyl (C=O) groups is 1. The van der Waals surface area contributed by atoms with E-state index in [1.54, 1.807) is 0 Å². The molecule has 0 aliphatic carbocycles. The standard InChI is InChI=1S/C21H28N2O2/c1-7-15(4)18-10-8-9-11-20(18)25-13-21(24)23-17(6)19(12-14(2)3)16(5)22-23/h8-11,15H,2,7,12-13H2,1,3-6H3. The summed E-state index contributed by atoms with van der Waals surface area (Å²) in [5.74, 6) is 1.00. The van der Waals surface area contributed by atoms with Crippen LogP contribution in [0.5, 0.6) is 5.75 Å². The highest BCUT2D eigenvalue weighted by molar-refractivity contribution is 5.80. The number of hydrogen-bond acceptors (Lipinski definition) is 3. The molecular formula is C21H28N2O2. The second kappa shape index (κ2) is 8.15. The van der Waals surface area contributed by atoms with Gasteiger partial charge >= 0.3 is 0 Å². The van der Waals surface area contributed by atoms with Crippen molar-refractivity contribution in [3.05, 3.63) is 58.9 Å². The third-order valence-electron chi connectivity index (χ3n) is 4.57. The molecule has 0 saturated carbocycles. The minimum Gasteiger partial charge on any atom is -0.483 e. The topological polar surface area (TPSA) is 44.1 Å². The van der Waals surface area contributed by atoms with E-state index >= 15 is 0 Å². The van der Waals surface area contributed by atoms with E-state index in [9.17, 15) is 4.79 Å². The molecule has 0 saturated heterocycles. The van der Waals surface area contributed by atoms with E-state index in [0.29, 0.717) is 5.92 Å². The van der Waals surface area contributed by atoms with Crippen LogP contribution in [-0.2, 0) is 6.42 Å². The smallest absolute Gasteiger partial charge is 0.284 e. The summed E-state index contributed by atoms with van der Waals surface area (Å²) in [6.07, 6.45) is 1.76. The highest BCUT2D eigenvalue weighted by Gasteiger charge is 2.18. The molecule has 25 heavy (non-hydrogen) atoms. The van der Waals surface area contributed by atoms with Crippen LogP contribution in [0.4, 0.5) is 0 Å². The minimum absolute atomic E-state index is 0.0259. The second-order valence-electron chi connectivity index (χ2n) is 6.72. The molecule has 0 aliphatic rings. The molecule has 0 radical (unpaired) electrons. The fourth-order valence-corrected chi connectivity index (χ4v) is 2.92. The molecule has 1 aromatic heterocycles. The average Bonchev–Trinajstić information content (AvgIpc) is 2.87. The number of hydrogen-bond donors (Lipinski definition) is 0. The van der Waals surface area contributed by atoms with Crippen molar-refractivity contribution in [3.63, 3.8) is 0 Å². The zero-order chi connectivity index (χ0) is 18.6. The summed E-state index contributed by atoms with van der Waals surface area (Å²) < 4.78 is 7.29.